The number of pyridine rings is 1. The number of carbonyl (C=O) groups is 3. The van der Waals surface area contributed by atoms with Gasteiger partial charge in [0.15, 0.2) is 0 Å². The molecule has 3 aromatic carbocycles. The highest BCUT2D eigenvalue weighted by Gasteiger charge is 2.49. The van der Waals surface area contributed by atoms with Crippen molar-refractivity contribution >= 4 is 35.0 Å². The van der Waals surface area contributed by atoms with Crippen LogP contribution in [0.1, 0.15) is 70.3 Å². The number of carboxylic acid groups (broad SMARTS) is 1. The van der Waals surface area contributed by atoms with Crippen LogP contribution in [0.2, 0.25) is 0 Å². The second-order valence-electron chi connectivity index (χ2n) is 13.1. The zero-order chi connectivity index (χ0) is 38.9. The number of rotatable bonds is 11. The fraction of sp³-hybridized carbons (Fsp3) is 0.297. The molecular formula is C37H36F4N4O8. The van der Waals surface area contributed by atoms with E-state index in [1.807, 2.05) is 0 Å². The molecule has 1 aromatic heterocycles. The number of aliphatic hydroxyl groups is 2. The van der Waals surface area contributed by atoms with Crippen molar-refractivity contribution in [3.63, 3.8) is 0 Å². The average Bonchev–Trinajstić information content (AvgIpc) is 3.28. The normalized spacial score (nSPS) is 13.8. The maximum atomic E-state index is 14.5. The Morgan fingerprint density at radius 3 is 2.32 bits per heavy atom. The maximum Gasteiger partial charge on any atom is 0.416 e. The number of nitrogens with one attached hydrogen (secondary N) is 1. The molecule has 4 aromatic rings. The molecule has 2 heterocycles. The molecule has 0 unspecified atom stereocenters. The van der Waals surface area contributed by atoms with Gasteiger partial charge < -0.3 is 35.0 Å². The molecule has 0 aliphatic carbocycles. The number of hydrogen-bond acceptors (Lipinski definition) is 9. The number of alkyl halides is 3. The van der Waals surface area contributed by atoms with Gasteiger partial charge in [0, 0.05) is 23.9 Å². The van der Waals surface area contributed by atoms with Crippen molar-refractivity contribution in [2.24, 2.45) is 0 Å². The highest BCUT2D eigenvalue weighted by molar-refractivity contribution is 6.11. The standard InChI is InChI=1S/C37H36F4N4O8/c1-35(2,3)53-34(49)44(20-29-30(15-16-31(43-29)52-4)45-32(46)24-9-5-6-10-26(24)37(45,50)51)17-7-8-21-18-23(38)12-14-27(21)42-28-13-11-22(36(39,40)41)19-25(28)33(47)48/h5-6,9-16,18-19,42,50-51H,7-8,17,20H2,1-4H3,(H,47,48). The first-order chi connectivity index (χ1) is 24.8. The lowest BCUT2D eigenvalue weighted by molar-refractivity contribution is -0.158. The summed E-state index contributed by atoms with van der Waals surface area (Å²) >= 11 is 0. The highest BCUT2D eigenvalue weighted by Crippen LogP contribution is 2.41. The fourth-order valence-electron chi connectivity index (χ4n) is 5.77. The van der Waals surface area contributed by atoms with Crippen LogP contribution in [-0.4, -0.2) is 62.4 Å². The summed E-state index contributed by atoms with van der Waals surface area (Å²) in [5.41, 5.74) is -2.38. The van der Waals surface area contributed by atoms with Crippen molar-refractivity contribution in [1.29, 1.82) is 0 Å². The van der Waals surface area contributed by atoms with Gasteiger partial charge in [-0.1, -0.05) is 18.2 Å². The number of aryl methyl sites for hydroxylation is 1. The van der Waals surface area contributed by atoms with Gasteiger partial charge in [0.05, 0.1) is 47.4 Å². The van der Waals surface area contributed by atoms with Crippen molar-refractivity contribution in [2.75, 3.05) is 23.9 Å². The topological polar surface area (TPSA) is 162 Å². The van der Waals surface area contributed by atoms with E-state index in [0.29, 0.717) is 11.6 Å². The number of ether oxygens (including phenoxy) is 2. The van der Waals surface area contributed by atoms with Gasteiger partial charge in [0.1, 0.15) is 11.4 Å². The third kappa shape index (κ3) is 8.50. The van der Waals surface area contributed by atoms with E-state index in [4.69, 9.17) is 9.47 Å². The number of anilines is 3. The number of halogens is 4. The molecular weight excluding hydrogens is 704 g/mol. The third-order valence-corrected chi connectivity index (χ3v) is 8.19. The Morgan fingerprint density at radius 1 is 0.981 bits per heavy atom. The zero-order valence-electron chi connectivity index (χ0n) is 29.0. The summed E-state index contributed by atoms with van der Waals surface area (Å²) in [6.45, 7) is 4.59. The quantitative estimate of drug-likeness (QED) is 0.0949. The molecule has 12 nitrogen and oxygen atoms in total. The zero-order valence-corrected chi connectivity index (χ0v) is 29.0. The van der Waals surface area contributed by atoms with Gasteiger partial charge in [-0.2, -0.15) is 13.2 Å². The molecule has 1 aliphatic rings. The Bertz CT molecular complexity index is 2050. The molecule has 0 saturated heterocycles. The average molecular weight is 741 g/mol. The molecule has 0 radical (unpaired) electrons. The summed E-state index contributed by atoms with van der Waals surface area (Å²) in [4.78, 5) is 45.4. The fourth-order valence-corrected chi connectivity index (χ4v) is 5.77. The van der Waals surface area contributed by atoms with E-state index in [2.05, 4.69) is 10.3 Å². The predicted molar refractivity (Wildman–Crippen MR) is 183 cm³/mol. The Labute approximate surface area is 301 Å². The van der Waals surface area contributed by atoms with E-state index in [9.17, 15) is 47.3 Å². The Morgan fingerprint density at radius 2 is 1.68 bits per heavy atom. The molecule has 0 fully saturated rings. The summed E-state index contributed by atoms with van der Waals surface area (Å²) in [6.07, 6.45) is -5.35. The van der Waals surface area contributed by atoms with Crippen molar-refractivity contribution in [1.82, 2.24) is 9.88 Å². The van der Waals surface area contributed by atoms with Gasteiger partial charge >= 0.3 is 18.2 Å². The van der Waals surface area contributed by atoms with Gasteiger partial charge in [-0.05, 0) is 87.7 Å². The lowest BCUT2D eigenvalue weighted by Crippen LogP contribution is -2.45. The number of aromatic nitrogens is 1. The number of aromatic carboxylic acids is 1. The van der Waals surface area contributed by atoms with Crippen LogP contribution >= 0.6 is 0 Å². The maximum absolute atomic E-state index is 14.5. The summed E-state index contributed by atoms with van der Waals surface area (Å²) < 4.78 is 65.3. The summed E-state index contributed by atoms with van der Waals surface area (Å²) in [5, 5.41) is 34.8. The second kappa shape index (κ2) is 14.7. The largest absolute Gasteiger partial charge is 0.481 e. The molecule has 0 saturated carbocycles. The number of fused-ring (bicyclic) bond motifs is 1. The van der Waals surface area contributed by atoms with Crippen LogP contribution in [0.3, 0.4) is 0 Å². The molecule has 0 bridgehead atoms. The van der Waals surface area contributed by atoms with E-state index in [1.54, 1.807) is 32.9 Å². The van der Waals surface area contributed by atoms with Gasteiger partial charge in [0.25, 0.3) is 11.8 Å². The summed E-state index contributed by atoms with van der Waals surface area (Å²) in [7, 11) is 1.35. The van der Waals surface area contributed by atoms with Crippen LogP contribution in [0.15, 0.2) is 72.8 Å². The van der Waals surface area contributed by atoms with Crippen LogP contribution in [0.5, 0.6) is 5.88 Å². The van der Waals surface area contributed by atoms with Crippen molar-refractivity contribution < 1.29 is 56.7 Å². The number of hydrogen-bond donors (Lipinski definition) is 4. The summed E-state index contributed by atoms with van der Waals surface area (Å²) in [6, 6.07) is 14.5. The van der Waals surface area contributed by atoms with Crippen LogP contribution < -0.4 is 15.0 Å². The number of benzene rings is 3. The number of methoxy groups -OCH3 is 1. The Balaban J connectivity index is 1.44. The smallest absolute Gasteiger partial charge is 0.416 e. The van der Waals surface area contributed by atoms with Crippen LogP contribution in [0.4, 0.5) is 39.4 Å². The molecule has 280 valence electrons. The monoisotopic (exact) mass is 740 g/mol. The third-order valence-electron chi connectivity index (χ3n) is 8.19. The minimum atomic E-state index is -4.78. The molecule has 4 N–H and O–H groups in total. The molecule has 1 aliphatic heterocycles. The van der Waals surface area contributed by atoms with E-state index in [0.717, 1.165) is 23.1 Å². The Hall–Kier alpha value is -5.74. The van der Waals surface area contributed by atoms with E-state index >= 15 is 0 Å². The molecule has 5 rings (SSSR count). The molecule has 53 heavy (non-hydrogen) atoms. The second-order valence-corrected chi connectivity index (χ2v) is 13.1. The van der Waals surface area contributed by atoms with Crippen LogP contribution in [0, 0.1) is 5.82 Å². The van der Waals surface area contributed by atoms with Crippen molar-refractivity contribution in [3.8, 4) is 5.88 Å². The molecule has 16 heteroatoms. The SMILES string of the molecule is COc1ccc(N2C(=O)c3ccccc3C2(O)O)c(CN(CCCc2cc(F)ccc2Nc2ccc(C(F)(F)F)cc2C(=O)O)C(=O)OC(C)(C)C)n1. The first kappa shape index (κ1) is 38.5. The van der Waals surface area contributed by atoms with Crippen molar-refractivity contribution in [2.45, 2.75) is 57.8 Å². The van der Waals surface area contributed by atoms with Gasteiger partial charge in [-0.25, -0.2) is 23.9 Å². The van der Waals surface area contributed by atoms with E-state index in [-0.39, 0.29) is 65.7 Å². The highest BCUT2D eigenvalue weighted by atomic mass is 19.4. The number of carboxylic acids is 1. The van der Waals surface area contributed by atoms with Gasteiger partial charge in [0.2, 0.25) is 5.88 Å². The first-order valence-corrected chi connectivity index (χ1v) is 16.2. The van der Waals surface area contributed by atoms with Gasteiger partial charge in [-0.3, -0.25) is 4.79 Å². The minimum Gasteiger partial charge on any atom is -0.481 e. The molecule has 0 spiro atoms. The first-order valence-electron chi connectivity index (χ1n) is 16.2. The number of amides is 2. The van der Waals surface area contributed by atoms with Crippen LogP contribution in [-0.2, 0) is 29.8 Å². The molecule has 2 amide bonds. The predicted octanol–water partition coefficient (Wildman–Crippen LogP) is 6.82. The lowest BCUT2D eigenvalue weighted by atomic mass is 10.0. The van der Waals surface area contributed by atoms with Crippen LogP contribution in [0.25, 0.3) is 0 Å². The van der Waals surface area contributed by atoms with Gasteiger partial charge in [-0.15, -0.1) is 0 Å². The van der Waals surface area contributed by atoms with E-state index < -0.39 is 52.6 Å². The Kier molecular flexibility index (Phi) is 10.7. The van der Waals surface area contributed by atoms with E-state index in [1.165, 1.54) is 48.4 Å². The summed E-state index contributed by atoms with van der Waals surface area (Å²) in [5.74, 6) is -5.65. The molecule has 0 atom stereocenters. The minimum absolute atomic E-state index is 0.0343. The van der Waals surface area contributed by atoms with Crippen molar-refractivity contribution in [3.05, 3.63) is 112 Å². The number of carbonyl (C=O) groups excluding carboxylic acids is 2. The number of nitrogens with zero attached hydrogens (tertiary/aromatic N) is 3. The lowest BCUT2D eigenvalue weighted by Gasteiger charge is -2.32.